The highest BCUT2D eigenvalue weighted by molar-refractivity contribution is 5.55. The van der Waals surface area contributed by atoms with Crippen molar-refractivity contribution in [1.29, 1.82) is 0 Å². The summed E-state index contributed by atoms with van der Waals surface area (Å²) in [6.07, 6.45) is 1.21. The molecule has 2 unspecified atom stereocenters. The van der Waals surface area contributed by atoms with Crippen LogP contribution < -0.4 is 24.3 Å². The van der Waals surface area contributed by atoms with Gasteiger partial charge in [0, 0.05) is 24.6 Å². The van der Waals surface area contributed by atoms with Crippen molar-refractivity contribution < 1.29 is 18.9 Å². The molecule has 1 saturated heterocycles. The summed E-state index contributed by atoms with van der Waals surface area (Å²) in [5, 5.41) is 3.36. The fourth-order valence-corrected chi connectivity index (χ4v) is 2.46. The minimum atomic E-state index is 0.207. The quantitative estimate of drug-likeness (QED) is 0.895. The number of rotatable bonds is 5. The average Bonchev–Trinajstić information content (AvgIpc) is 2.48. The van der Waals surface area contributed by atoms with Gasteiger partial charge in [0.25, 0.3) is 0 Å². The first-order valence-corrected chi connectivity index (χ1v) is 6.87. The molecule has 1 aromatic rings. The maximum Gasteiger partial charge on any atom is 0.203 e. The van der Waals surface area contributed by atoms with Crippen LogP contribution in [0.3, 0.4) is 0 Å². The number of methoxy groups -OCH3 is 3. The van der Waals surface area contributed by atoms with Crippen LogP contribution in [0, 0.1) is 5.92 Å². The van der Waals surface area contributed by atoms with Crippen LogP contribution in [0.4, 0.5) is 0 Å². The number of piperidine rings is 1. The Balaban J connectivity index is 2.23. The van der Waals surface area contributed by atoms with E-state index in [1.165, 1.54) is 0 Å². The SMILES string of the molecule is COc1cc(OC2CCNCC2C)cc(OC)c1OC. The summed E-state index contributed by atoms with van der Waals surface area (Å²) in [5.74, 6) is 3.04. The first kappa shape index (κ1) is 14.8. The number of nitrogens with one attached hydrogen (secondary N) is 1. The van der Waals surface area contributed by atoms with Crippen LogP contribution in [-0.4, -0.2) is 40.5 Å². The lowest BCUT2D eigenvalue weighted by Gasteiger charge is -2.30. The van der Waals surface area contributed by atoms with Crippen LogP contribution in [0.2, 0.25) is 0 Å². The second-order valence-corrected chi connectivity index (χ2v) is 4.99. The first-order chi connectivity index (χ1) is 9.69. The van der Waals surface area contributed by atoms with E-state index >= 15 is 0 Å². The van der Waals surface area contributed by atoms with Gasteiger partial charge in [-0.05, 0) is 13.0 Å². The van der Waals surface area contributed by atoms with Gasteiger partial charge in [-0.2, -0.15) is 0 Å². The van der Waals surface area contributed by atoms with Gasteiger partial charge >= 0.3 is 0 Å². The smallest absolute Gasteiger partial charge is 0.203 e. The van der Waals surface area contributed by atoms with Gasteiger partial charge in [-0.15, -0.1) is 0 Å². The van der Waals surface area contributed by atoms with Gasteiger partial charge in [0.1, 0.15) is 11.9 Å². The Labute approximate surface area is 120 Å². The molecule has 0 aliphatic carbocycles. The van der Waals surface area contributed by atoms with Crippen molar-refractivity contribution in [2.75, 3.05) is 34.4 Å². The number of benzene rings is 1. The number of ether oxygens (including phenoxy) is 4. The largest absolute Gasteiger partial charge is 0.493 e. The maximum atomic E-state index is 6.10. The van der Waals surface area contributed by atoms with Gasteiger partial charge in [-0.3, -0.25) is 0 Å². The number of hydrogen-bond acceptors (Lipinski definition) is 5. The molecule has 2 atom stereocenters. The average molecular weight is 281 g/mol. The molecule has 1 aliphatic heterocycles. The van der Waals surface area contributed by atoms with Gasteiger partial charge in [-0.25, -0.2) is 0 Å². The summed E-state index contributed by atoms with van der Waals surface area (Å²) < 4.78 is 22.1. The van der Waals surface area contributed by atoms with Crippen LogP contribution in [0.5, 0.6) is 23.0 Å². The zero-order chi connectivity index (χ0) is 14.5. The second kappa shape index (κ2) is 6.70. The highest BCUT2D eigenvalue weighted by atomic mass is 16.5. The van der Waals surface area contributed by atoms with Gasteiger partial charge in [0.2, 0.25) is 5.75 Å². The summed E-state index contributed by atoms with van der Waals surface area (Å²) >= 11 is 0. The Morgan fingerprint density at radius 3 is 2.20 bits per heavy atom. The Bertz CT molecular complexity index is 424. The van der Waals surface area contributed by atoms with Crippen LogP contribution in [-0.2, 0) is 0 Å². The molecular formula is C15H23NO4. The van der Waals surface area contributed by atoms with E-state index in [0.717, 1.165) is 25.3 Å². The van der Waals surface area contributed by atoms with Gasteiger partial charge < -0.3 is 24.3 Å². The van der Waals surface area contributed by atoms with Crippen molar-refractivity contribution in [3.8, 4) is 23.0 Å². The topological polar surface area (TPSA) is 49.0 Å². The van der Waals surface area contributed by atoms with E-state index in [4.69, 9.17) is 18.9 Å². The highest BCUT2D eigenvalue weighted by Gasteiger charge is 2.24. The normalized spacial score (nSPS) is 22.2. The molecule has 20 heavy (non-hydrogen) atoms. The van der Waals surface area contributed by atoms with Crippen molar-refractivity contribution in [3.63, 3.8) is 0 Å². The van der Waals surface area contributed by atoms with E-state index in [9.17, 15) is 0 Å². The molecule has 0 radical (unpaired) electrons. The van der Waals surface area contributed by atoms with Crippen molar-refractivity contribution in [1.82, 2.24) is 5.32 Å². The summed E-state index contributed by atoms with van der Waals surface area (Å²) in [7, 11) is 4.80. The molecule has 0 bridgehead atoms. The molecule has 112 valence electrons. The van der Waals surface area contributed by atoms with Crippen molar-refractivity contribution >= 4 is 0 Å². The summed E-state index contributed by atoms with van der Waals surface area (Å²) in [6.45, 7) is 4.16. The summed E-state index contributed by atoms with van der Waals surface area (Å²) in [6, 6.07) is 3.69. The molecule has 2 rings (SSSR count). The minimum absolute atomic E-state index is 0.207. The minimum Gasteiger partial charge on any atom is -0.493 e. The van der Waals surface area contributed by atoms with E-state index in [-0.39, 0.29) is 6.10 Å². The molecule has 0 amide bonds. The lowest BCUT2D eigenvalue weighted by atomic mass is 9.98. The van der Waals surface area contributed by atoms with Crippen molar-refractivity contribution in [2.45, 2.75) is 19.4 Å². The third-order valence-electron chi connectivity index (χ3n) is 3.63. The van der Waals surface area contributed by atoms with Gasteiger partial charge in [0.05, 0.1) is 21.3 Å². The Morgan fingerprint density at radius 1 is 1.05 bits per heavy atom. The monoisotopic (exact) mass is 281 g/mol. The van der Waals surface area contributed by atoms with Crippen LogP contribution >= 0.6 is 0 Å². The molecule has 5 nitrogen and oxygen atoms in total. The van der Waals surface area contributed by atoms with Crippen molar-refractivity contribution in [3.05, 3.63) is 12.1 Å². The van der Waals surface area contributed by atoms with Crippen LogP contribution in [0.1, 0.15) is 13.3 Å². The molecule has 1 N–H and O–H groups in total. The van der Waals surface area contributed by atoms with Crippen LogP contribution in [0.25, 0.3) is 0 Å². The fourth-order valence-electron chi connectivity index (χ4n) is 2.46. The fraction of sp³-hybridized carbons (Fsp3) is 0.600. The zero-order valence-corrected chi connectivity index (χ0v) is 12.6. The van der Waals surface area contributed by atoms with Crippen LogP contribution in [0.15, 0.2) is 12.1 Å². The lowest BCUT2D eigenvalue weighted by Crippen LogP contribution is -2.41. The maximum absolute atomic E-state index is 6.10. The second-order valence-electron chi connectivity index (χ2n) is 4.99. The standard InChI is InChI=1S/C15H23NO4/c1-10-9-16-6-5-12(10)20-11-7-13(17-2)15(19-4)14(8-11)18-3/h7-8,10,12,16H,5-6,9H2,1-4H3. The molecule has 0 saturated carbocycles. The lowest BCUT2D eigenvalue weighted by molar-refractivity contribution is 0.111. The van der Waals surface area contributed by atoms with E-state index in [1.54, 1.807) is 21.3 Å². The molecule has 0 aromatic heterocycles. The molecule has 1 aliphatic rings. The third kappa shape index (κ3) is 3.10. The van der Waals surface area contributed by atoms with E-state index in [2.05, 4.69) is 12.2 Å². The first-order valence-electron chi connectivity index (χ1n) is 6.87. The summed E-state index contributed by atoms with van der Waals surface area (Å²) in [5.41, 5.74) is 0. The third-order valence-corrected chi connectivity index (χ3v) is 3.63. The van der Waals surface area contributed by atoms with Gasteiger partial charge in [-0.1, -0.05) is 6.92 Å². The Kier molecular flexibility index (Phi) is 4.95. The zero-order valence-electron chi connectivity index (χ0n) is 12.6. The predicted molar refractivity (Wildman–Crippen MR) is 77.2 cm³/mol. The predicted octanol–water partition coefficient (Wildman–Crippen LogP) is 2.09. The summed E-state index contributed by atoms with van der Waals surface area (Å²) in [4.78, 5) is 0. The van der Waals surface area contributed by atoms with E-state index in [0.29, 0.717) is 23.2 Å². The Morgan fingerprint density at radius 2 is 1.70 bits per heavy atom. The molecule has 1 aromatic carbocycles. The number of hydrogen-bond donors (Lipinski definition) is 1. The highest BCUT2D eigenvalue weighted by Crippen LogP contribution is 2.41. The Hall–Kier alpha value is -1.62. The molecule has 5 heteroatoms. The van der Waals surface area contributed by atoms with E-state index in [1.807, 2.05) is 12.1 Å². The van der Waals surface area contributed by atoms with E-state index < -0.39 is 0 Å². The molecule has 1 fully saturated rings. The molecule has 0 spiro atoms. The van der Waals surface area contributed by atoms with Crippen molar-refractivity contribution in [2.24, 2.45) is 5.92 Å². The molecule has 1 heterocycles. The molecular weight excluding hydrogens is 258 g/mol. The van der Waals surface area contributed by atoms with Gasteiger partial charge in [0.15, 0.2) is 11.5 Å².